The quantitative estimate of drug-likeness (QED) is 0.680. The molecule has 28 heavy (non-hydrogen) atoms. The van der Waals surface area contributed by atoms with Crippen LogP contribution in [0.25, 0.3) is 10.9 Å². The van der Waals surface area contributed by atoms with Gasteiger partial charge in [-0.1, -0.05) is 29.3 Å². The van der Waals surface area contributed by atoms with Gasteiger partial charge < -0.3 is 14.6 Å². The van der Waals surface area contributed by atoms with E-state index in [1.54, 1.807) is 6.07 Å². The van der Waals surface area contributed by atoms with E-state index >= 15 is 0 Å². The molecule has 2 atom stereocenters. The molecule has 2 aliphatic heterocycles. The average Bonchev–Trinajstić information content (AvgIpc) is 3.29. The van der Waals surface area contributed by atoms with Crippen LogP contribution in [-0.2, 0) is 16.1 Å². The third-order valence-corrected chi connectivity index (χ3v) is 6.42. The second-order valence-corrected chi connectivity index (χ2v) is 8.17. The Kier molecular flexibility index (Phi) is 4.57. The molecule has 2 unspecified atom stereocenters. The second-order valence-electron chi connectivity index (χ2n) is 7.39. The number of halogens is 2. The number of hydrogen-bond acceptors (Lipinski definition) is 3. The minimum atomic E-state index is -0.0414. The van der Waals surface area contributed by atoms with Crippen LogP contribution in [0.4, 0.5) is 0 Å². The van der Waals surface area contributed by atoms with E-state index in [0.717, 1.165) is 48.0 Å². The van der Waals surface area contributed by atoms with Gasteiger partial charge in [-0.05, 0) is 31.4 Å². The third kappa shape index (κ3) is 3.00. The van der Waals surface area contributed by atoms with E-state index in [9.17, 15) is 4.79 Å². The molecule has 8 heteroatoms. The standard InChI is InChI=1S/C20H20Cl2N4O2/c21-15-5-4-12-7-16-14(9-23-17(27)11-25(16)20(12)19(15)22)13-8-24-26(10-13)18-3-1-2-6-28-18/h4-5,7-8,10,14,18H,1-3,6,9,11H2,(H,23,27). The molecule has 1 N–H and O–H groups in total. The first kappa shape index (κ1) is 18.0. The molecule has 0 saturated carbocycles. The molecule has 1 saturated heterocycles. The maximum Gasteiger partial charge on any atom is 0.239 e. The summed E-state index contributed by atoms with van der Waals surface area (Å²) in [7, 11) is 0. The molecular formula is C20H20Cl2N4O2. The largest absolute Gasteiger partial charge is 0.357 e. The SMILES string of the molecule is O=C1Cn2c(cc3ccc(Cl)c(Cl)c32)C(c2cnn(C3CCCCO3)c2)CN1. The number of nitrogens with one attached hydrogen (secondary N) is 1. The van der Waals surface area contributed by atoms with Gasteiger partial charge in [-0.2, -0.15) is 5.10 Å². The molecule has 0 radical (unpaired) electrons. The molecule has 1 fully saturated rings. The van der Waals surface area contributed by atoms with Crippen LogP contribution in [0.5, 0.6) is 0 Å². The van der Waals surface area contributed by atoms with Crippen LogP contribution in [0.3, 0.4) is 0 Å². The normalized spacial score (nSPS) is 22.7. The van der Waals surface area contributed by atoms with E-state index in [0.29, 0.717) is 16.6 Å². The van der Waals surface area contributed by atoms with Crippen molar-refractivity contribution in [1.29, 1.82) is 0 Å². The Balaban J connectivity index is 1.59. The summed E-state index contributed by atoms with van der Waals surface area (Å²) in [6.45, 7) is 1.50. The van der Waals surface area contributed by atoms with Gasteiger partial charge in [0.05, 0.1) is 21.8 Å². The van der Waals surface area contributed by atoms with E-state index in [-0.39, 0.29) is 24.6 Å². The van der Waals surface area contributed by atoms with Gasteiger partial charge in [0.2, 0.25) is 5.91 Å². The van der Waals surface area contributed by atoms with Crippen LogP contribution in [-0.4, -0.2) is 33.4 Å². The van der Waals surface area contributed by atoms with Gasteiger partial charge in [0, 0.05) is 41.9 Å². The fourth-order valence-electron chi connectivity index (χ4n) is 4.20. The van der Waals surface area contributed by atoms with Crippen molar-refractivity contribution in [3.8, 4) is 0 Å². The Bertz CT molecular complexity index is 1050. The molecule has 1 amide bonds. The number of ether oxygens (including phenoxy) is 1. The Labute approximate surface area is 172 Å². The second kappa shape index (κ2) is 7.10. The monoisotopic (exact) mass is 418 g/mol. The predicted octanol–water partition coefficient (Wildman–Crippen LogP) is 4.11. The van der Waals surface area contributed by atoms with E-state index in [2.05, 4.69) is 16.5 Å². The number of carbonyl (C=O) groups is 1. The highest BCUT2D eigenvalue weighted by molar-refractivity contribution is 6.45. The fraction of sp³-hybridized carbons (Fsp3) is 0.400. The van der Waals surface area contributed by atoms with Crippen LogP contribution in [0.15, 0.2) is 30.6 Å². The molecule has 2 aromatic heterocycles. The summed E-state index contributed by atoms with van der Waals surface area (Å²) in [6.07, 6.45) is 7.11. The molecule has 1 aromatic carbocycles. The van der Waals surface area contributed by atoms with Crippen molar-refractivity contribution in [1.82, 2.24) is 19.7 Å². The van der Waals surface area contributed by atoms with Crippen LogP contribution in [0.1, 0.15) is 42.7 Å². The zero-order valence-electron chi connectivity index (χ0n) is 15.2. The first-order valence-electron chi connectivity index (χ1n) is 9.51. The summed E-state index contributed by atoms with van der Waals surface area (Å²) in [5, 5.41) is 9.50. The van der Waals surface area contributed by atoms with Gasteiger partial charge in [0.15, 0.2) is 0 Å². The summed E-state index contributed by atoms with van der Waals surface area (Å²) in [5.74, 6) is -0.0636. The highest BCUT2D eigenvalue weighted by atomic mass is 35.5. The summed E-state index contributed by atoms with van der Waals surface area (Å²) >= 11 is 12.7. The Morgan fingerprint density at radius 2 is 2.14 bits per heavy atom. The van der Waals surface area contributed by atoms with Crippen molar-refractivity contribution in [3.05, 3.63) is 51.9 Å². The van der Waals surface area contributed by atoms with Gasteiger partial charge in [0.25, 0.3) is 0 Å². The van der Waals surface area contributed by atoms with E-state index < -0.39 is 0 Å². The molecule has 3 aromatic rings. The lowest BCUT2D eigenvalue weighted by atomic mass is 9.98. The Morgan fingerprint density at radius 1 is 1.25 bits per heavy atom. The van der Waals surface area contributed by atoms with Gasteiger partial charge in [-0.15, -0.1) is 0 Å². The van der Waals surface area contributed by atoms with Crippen molar-refractivity contribution in [2.45, 2.75) is 38.0 Å². The summed E-state index contributed by atoms with van der Waals surface area (Å²) in [4.78, 5) is 12.4. The van der Waals surface area contributed by atoms with Gasteiger partial charge in [-0.3, -0.25) is 4.79 Å². The molecule has 0 bridgehead atoms. The summed E-state index contributed by atoms with van der Waals surface area (Å²) in [6, 6.07) is 5.83. The molecule has 4 heterocycles. The summed E-state index contributed by atoms with van der Waals surface area (Å²) < 4.78 is 9.72. The lowest BCUT2D eigenvalue weighted by Crippen LogP contribution is -2.27. The Morgan fingerprint density at radius 3 is 2.96 bits per heavy atom. The number of hydrogen-bond donors (Lipinski definition) is 1. The van der Waals surface area contributed by atoms with E-state index in [4.69, 9.17) is 27.9 Å². The predicted molar refractivity (Wildman–Crippen MR) is 108 cm³/mol. The molecule has 2 aliphatic rings. The highest BCUT2D eigenvalue weighted by Gasteiger charge is 2.28. The number of rotatable bonds is 2. The molecule has 0 spiro atoms. The zero-order chi connectivity index (χ0) is 19.3. The van der Waals surface area contributed by atoms with E-state index in [1.807, 2.05) is 27.7 Å². The zero-order valence-corrected chi connectivity index (χ0v) is 16.7. The molecule has 6 nitrogen and oxygen atoms in total. The lowest BCUT2D eigenvalue weighted by Gasteiger charge is -2.22. The minimum absolute atomic E-state index is 0.0121. The summed E-state index contributed by atoms with van der Waals surface area (Å²) in [5.41, 5.74) is 2.87. The number of carbonyl (C=O) groups excluding carboxylic acids is 1. The average molecular weight is 419 g/mol. The first-order chi connectivity index (χ1) is 13.6. The van der Waals surface area contributed by atoms with Crippen LogP contribution in [0.2, 0.25) is 10.0 Å². The van der Waals surface area contributed by atoms with Gasteiger partial charge in [-0.25, -0.2) is 4.68 Å². The topological polar surface area (TPSA) is 61.1 Å². The van der Waals surface area contributed by atoms with Crippen LogP contribution < -0.4 is 5.32 Å². The Hall–Kier alpha value is -2.02. The van der Waals surface area contributed by atoms with Crippen LogP contribution >= 0.6 is 23.2 Å². The number of aromatic nitrogens is 3. The number of fused-ring (bicyclic) bond motifs is 3. The van der Waals surface area contributed by atoms with E-state index in [1.165, 1.54) is 0 Å². The smallest absolute Gasteiger partial charge is 0.239 e. The minimum Gasteiger partial charge on any atom is -0.357 e. The van der Waals surface area contributed by atoms with Crippen molar-refractivity contribution >= 4 is 40.0 Å². The van der Waals surface area contributed by atoms with Crippen molar-refractivity contribution in [3.63, 3.8) is 0 Å². The molecule has 0 aliphatic carbocycles. The molecular weight excluding hydrogens is 399 g/mol. The molecule has 5 rings (SSSR count). The number of nitrogens with zero attached hydrogens (tertiary/aromatic N) is 3. The first-order valence-corrected chi connectivity index (χ1v) is 10.3. The fourth-order valence-corrected chi connectivity index (χ4v) is 4.63. The number of benzene rings is 1. The van der Waals surface area contributed by atoms with Crippen molar-refractivity contribution < 1.29 is 9.53 Å². The molecule has 146 valence electrons. The third-order valence-electron chi connectivity index (χ3n) is 5.62. The van der Waals surface area contributed by atoms with Crippen LogP contribution in [0, 0.1) is 0 Å². The number of amides is 1. The highest BCUT2D eigenvalue weighted by Crippen LogP contribution is 2.37. The lowest BCUT2D eigenvalue weighted by molar-refractivity contribution is -0.121. The maximum absolute atomic E-state index is 12.4. The van der Waals surface area contributed by atoms with Crippen molar-refractivity contribution in [2.24, 2.45) is 0 Å². The maximum atomic E-state index is 12.4. The van der Waals surface area contributed by atoms with Crippen molar-refractivity contribution in [2.75, 3.05) is 13.2 Å². The van der Waals surface area contributed by atoms with Gasteiger partial charge >= 0.3 is 0 Å². The van der Waals surface area contributed by atoms with Gasteiger partial charge in [0.1, 0.15) is 12.8 Å².